The summed E-state index contributed by atoms with van der Waals surface area (Å²) in [7, 11) is 0. The Balaban J connectivity index is 2.10. The monoisotopic (exact) mass is 685 g/mol. The lowest BCUT2D eigenvalue weighted by molar-refractivity contribution is -0.203. The molecule has 0 spiro atoms. The highest BCUT2D eigenvalue weighted by Crippen LogP contribution is 2.37. The van der Waals surface area contributed by atoms with Crippen LogP contribution in [-0.4, -0.2) is 59.3 Å². The number of carbonyl (C=O) groups excluding carboxylic acids is 3. The number of esters is 3. The van der Waals surface area contributed by atoms with E-state index in [-0.39, 0.29) is 16.8 Å². The fourth-order valence-electron chi connectivity index (χ4n) is 3.93. The maximum atomic E-state index is 13.9. The molecule has 3 unspecified atom stereocenters. The zero-order chi connectivity index (χ0) is 31.8. The summed E-state index contributed by atoms with van der Waals surface area (Å²) in [5.74, 6) is -6.98. The van der Waals surface area contributed by atoms with Crippen LogP contribution < -0.4 is 5.32 Å². The predicted octanol–water partition coefficient (Wildman–Crippen LogP) is 4.36. The van der Waals surface area contributed by atoms with Crippen LogP contribution in [0.2, 0.25) is 0 Å². The summed E-state index contributed by atoms with van der Waals surface area (Å²) < 4.78 is 64.0. The van der Waals surface area contributed by atoms with Crippen LogP contribution in [0.15, 0.2) is 45.2 Å². The number of thioether (sulfide) groups is 1. The molecule has 12 nitrogen and oxygen atoms in total. The smallest absolute Gasteiger partial charge is 0.303 e. The molecule has 228 valence electrons. The molecule has 0 radical (unpaired) electrons. The first-order valence-corrected chi connectivity index (χ1v) is 13.9. The molecule has 2 N–H and O–H groups in total. The summed E-state index contributed by atoms with van der Waals surface area (Å²) in [4.78, 5) is 40.1. The lowest BCUT2D eigenvalue weighted by Gasteiger charge is -2.45. The number of benzene rings is 1. The Bertz CT molecular complexity index is 1470. The van der Waals surface area contributed by atoms with E-state index in [9.17, 15) is 32.8 Å². The van der Waals surface area contributed by atoms with Crippen LogP contribution >= 0.6 is 27.7 Å². The summed E-state index contributed by atoms with van der Waals surface area (Å²) >= 11 is 4.23. The number of pyridine rings is 1. The van der Waals surface area contributed by atoms with Gasteiger partial charge < -0.3 is 24.3 Å². The van der Waals surface area contributed by atoms with Gasteiger partial charge in [0.1, 0.15) is 36.0 Å². The van der Waals surface area contributed by atoms with Gasteiger partial charge in [0.15, 0.2) is 29.7 Å². The molecule has 1 saturated heterocycles. The standard InChI is InChI=1S/C26H23BrF3N5O7S/c1-11(36)39-10-20-24(40-12(2)37)23(34-9-19(35-32)14-4-17(28)22(30)18(29)5-14)25(41-13(3)38)26(42-20)43-21-6-16(27)15(7-31)8-33-21/h4-6,8-9,20,23-26,32,34H,10H2,1-3H3/b19-9-,35-32?/t20?,23?,24-,25?,26+/m0/s1. The average Bonchev–Trinajstić information content (AvgIpc) is 2.93. The van der Waals surface area contributed by atoms with Crippen molar-refractivity contribution in [1.82, 2.24) is 10.3 Å². The maximum Gasteiger partial charge on any atom is 0.303 e. The minimum absolute atomic E-state index is 0.248. The molecule has 1 aromatic carbocycles. The molecule has 43 heavy (non-hydrogen) atoms. The molecular weight excluding hydrogens is 663 g/mol. The van der Waals surface area contributed by atoms with Crippen molar-refractivity contribution < 1.29 is 46.5 Å². The number of nitrogens with one attached hydrogen (secondary N) is 2. The Morgan fingerprint density at radius 3 is 2.30 bits per heavy atom. The van der Waals surface area contributed by atoms with Crippen LogP contribution in [0.5, 0.6) is 0 Å². The molecule has 0 bridgehead atoms. The van der Waals surface area contributed by atoms with E-state index in [2.05, 4.69) is 31.3 Å². The first-order valence-electron chi connectivity index (χ1n) is 12.2. The van der Waals surface area contributed by atoms with Gasteiger partial charge in [0.25, 0.3) is 0 Å². The normalized spacial score (nSPS) is 21.7. The molecule has 0 amide bonds. The van der Waals surface area contributed by atoms with Crippen molar-refractivity contribution in [3.05, 3.63) is 63.6 Å². The highest BCUT2D eigenvalue weighted by molar-refractivity contribution is 9.10. The van der Waals surface area contributed by atoms with Crippen molar-refractivity contribution in [1.29, 1.82) is 10.8 Å². The van der Waals surface area contributed by atoms with Crippen molar-refractivity contribution >= 4 is 51.3 Å². The van der Waals surface area contributed by atoms with Gasteiger partial charge in [0.2, 0.25) is 0 Å². The van der Waals surface area contributed by atoms with E-state index >= 15 is 0 Å². The largest absolute Gasteiger partial charge is 0.463 e. The molecule has 1 aromatic heterocycles. The van der Waals surface area contributed by atoms with Gasteiger partial charge >= 0.3 is 17.9 Å². The molecule has 0 saturated carbocycles. The number of carbonyl (C=O) groups is 3. The van der Waals surface area contributed by atoms with Gasteiger partial charge in [0.05, 0.1) is 10.6 Å². The summed E-state index contributed by atoms with van der Waals surface area (Å²) in [6.45, 7) is 2.96. The second-order valence-corrected chi connectivity index (χ2v) is 10.8. The summed E-state index contributed by atoms with van der Waals surface area (Å²) in [6.07, 6.45) is -1.40. The minimum atomic E-state index is -1.72. The summed E-state index contributed by atoms with van der Waals surface area (Å²) in [5.41, 5.74) is 5.98. The number of ether oxygens (including phenoxy) is 4. The van der Waals surface area contributed by atoms with Crippen LogP contribution in [0.4, 0.5) is 13.2 Å². The first kappa shape index (κ1) is 33.5. The van der Waals surface area contributed by atoms with E-state index in [4.69, 9.17) is 24.5 Å². The molecule has 2 aromatic rings. The Labute approximate surface area is 255 Å². The van der Waals surface area contributed by atoms with Crippen molar-refractivity contribution in [2.45, 2.75) is 55.6 Å². The number of hydrogen-bond acceptors (Lipinski definition) is 13. The van der Waals surface area contributed by atoms with E-state index in [0.29, 0.717) is 21.6 Å². The third-order valence-corrected chi connectivity index (χ3v) is 7.44. The van der Waals surface area contributed by atoms with E-state index in [1.54, 1.807) is 0 Å². The van der Waals surface area contributed by atoms with Crippen molar-refractivity contribution in [2.24, 2.45) is 5.11 Å². The molecule has 1 aliphatic rings. The fraction of sp³-hybridized carbons (Fsp3) is 0.346. The SMILES string of the molecule is CC(=O)OCC1O[C@H](Sc2cc(Br)c(C#N)cn2)C(OC(C)=O)C(N/C=C(\N=N)c2cc(F)c(F)c(F)c2)[C@H]1OC(C)=O. The predicted molar refractivity (Wildman–Crippen MR) is 145 cm³/mol. The third-order valence-electron chi connectivity index (χ3n) is 5.70. The fourth-order valence-corrected chi connectivity index (χ4v) is 5.59. The van der Waals surface area contributed by atoms with Gasteiger partial charge in [-0.05, 0) is 34.1 Å². The van der Waals surface area contributed by atoms with Crippen LogP contribution in [0.1, 0.15) is 31.9 Å². The minimum Gasteiger partial charge on any atom is -0.463 e. The number of hydrogen-bond donors (Lipinski definition) is 2. The first-order chi connectivity index (χ1) is 20.3. The second-order valence-electron chi connectivity index (χ2n) is 8.81. The van der Waals surface area contributed by atoms with Gasteiger partial charge in [-0.1, -0.05) is 11.8 Å². The van der Waals surface area contributed by atoms with E-state index in [0.717, 1.165) is 38.7 Å². The maximum absolute atomic E-state index is 13.9. The van der Waals surface area contributed by atoms with Crippen molar-refractivity contribution in [3.8, 4) is 6.07 Å². The van der Waals surface area contributed by atoms with E-state index in [1.807, 2.05) is 6.07 Å². The second kappa shape index (κ2) is 14.9. The summed E-state index contributed by atoms with van der Waals surface area (Å²) in [6, 6.07) is 3.52. The Kier molecular flexibility index (Phi) is 11.6. The third kappa shape index (κ3) is 8.75. The van der Waals surface area contributed by atoms with Gasteiger partial charge in [-0.3, -0.25) is 14.4 Å². The molecule has 0 aliphatic carbocycles. The van der Waals surface area contributed by atoms with E-state index in [1.165, 1.54) is 12.3 Å². The van der Waals surface area contributed by atoms with Crippen LogP contribution in [-0.2, 0) is 33.3 Å². The zero-order valence-corrected chi connectivity index (χ0v) is 25.0. The molecular formula is C26H23BrF3N5O7S. The van der Waals surface area contributed by atoms with Gasteiger partial charge in [-0.25, -0.2) is 23.7 Å². The van der Waals surface area contributed by atoms with Gasteiger partial charge in [-0.2, -0.15) is 10.4 Å². The van der Waals surface area contributed by atoms with Crippen molar-refractivity contribution in [2.75, 3.05) is 6.61 Å². The number of halogens is 4. The van der Waals surface area contributed by atoms with Gasteiger partial charge in [0, 0.05) is 43.2 Å². The number of rotatable bonds is 10. The summed E-state index contributed by atoms with van der Waals surface area (Å²) in [5, 5.41) is 15.6. The quantitative estimate of drug-likeness (QED) is 0.157. The lowest BCUT2D eigenvalue weighted by Crippen LogP contribution is -2.64. The molecule has 17 heteroatoms. The lowest BCUT2D eigenvalue weighted by atomic mass is 9.96. The average molecular weight is 686 g/mol. The topological polar surface area (TPSA) is 173 Å². The Morgan fingerprint density at radius 1 is 1.14 bits per heavy atom. The van der Waals surface area contributed by atoms with Crippen LogP contribution in [0.25, 0.3) is 5.70 Å². The number of aromatic nitrogens is 1. The molecule has 1 aliphatic heterocycles. The van der Waals surface area contributed by atoms with E-state index < -0.39 is 71.8 Å². The van der Waals surface area contributed by atoms with Gasteiger partial charge in [-0.15, -0.1) is 0 Å². The Morgan fingerprint density at radius 2 is 1.77 bits per heavy atom. The Hall–Kier alpha value is -4.01. The molecule has 5 atom stereocenters. The molecule has 1 fully saturated rings. The number of nitrogens with zero attached hydrogens (tertiary/aromatic N) is 3. The molecule has 3 rings (SSSR count). The molecule has 2 heterocycles. The highest BCUT2D eigenvalue weighted by atomic mass is 79.9. The van der Waals surface area contributed by atoms with Crippen LogP contribution in [0.3, 0.4) is 0 Å². The number of nitriles is 1. The highest BCUT2D eigenvalue weighted by Gasteiger charge is 2.50. The van der Waals surface area contributed by atoms with Crippen LogP contribution in [0, 0.1) is 34.3 Å². The zero-order valence-electron chi connectivity index (χ0n) is 22.6. The van der Waals surface area contributed by atoms with Crippen molar-refractivity contribution in [3.63, 3.8) is 0 Å².